The molecule has 0 bridgehead atoms. The number of benzene rings is 1. The molecule has 1 aromatic heterocycles. The summed E-state index contributed by atoms with van der Waals surface area (Å²) < 4.78 is 5.97. The van der Waals surface area contributed by atoms with Crippen LogP contribution < -0.4 is 10.1 Å². The highest BCUT2D eigenvalue weighted by Gasteiger charge is 2.34. The van der Waals surface area contributed by atoms with Gasteiger partial charge < -0.3 is 10.1 Å². The van der Waals surface area contributed by atoms with Crippen molar-refractivity contribution in [3.63, 3.8) is 0 Å². The van der Waals surface area contributed by atoms with Crippen LogP contribution in [0.15, 0.2) is 48.8 Å². The van der Waals surface area contributed by atoms with Gasteiger partial charge in [-0.3, -0.25) is 9.78 Å². The standard InChI is InChI=1S/C17H18N2O2/c1-17(2)10-14(13-7-3-4-8-15(13)21-17)19-16(20)12-6-5-9-18-11-12/h3-9,11,14H,10H2,1-2H3,(H,19,20)/t14-/m0/s1. The van der Waals surface area contributed by atoms with Crippen LogP contribution in [0.4, 0.5) is 0 Å². The van der Waals surface area contributed by atoms with Gasteiger partial charge in [-0.05, 0) is 32.0 Å². The zero-order valence-corrected chi connectivity index (χ0v) is 12.2. The lowest BCUT2D eigenvalue weighted by Gasteiger charge is -2.37. The highest BCUT2D eigenvalue weighted by molar-refractivity contribution is 5.94. The van der Waals surface area contributed by atoms with Crippen LogP contribution in [0.5, 0.6) is 5.75 Å². The molecule has 0 aliphatic carbocycles. The summed E-state index contributed by atoms with van der Waals surface area (Å²) in [5.74, 6) is 0.728. The maximum Gasteiger partial charge on any atom is 0.253 e. The fraction of sp³-hybridized carbons (Fsp3) is 0.294. The minimum Gasteiger partial charge on any atom is -0.487 e. The molecule has 3 rings (SSSR count). The highest BCUT2D eigenvalue weighted by atomic mass is 16.5. The van der Waals surface area contributed by atoms with E-state index in [4.69, 9.17) is 4.74 Å². The molecule has 1 aromatic carbocycles. The molecule has 0 radical (unpaired) electrons. The van der Waals surface area contributed by atoms with E-state index in [0.717, 1.165) is 17.7 Å². The van der Waals surface area contributed by atoms with Crippen LogP contribution >= 0.6 is 0 Å². The van der Waals surface area contributed by atoms with E-state index in [1.165, 1.54) is 0 Å². The molecule has 4 nitrogen and oxygen atoms in total. The molecule has 1 atom stereocenters. The Bertz CT molecular complexity index is 653. The van der Waals surface area contributed by atoms with Gasteiger partial charge in [0.2, 0.25) is 0 Å². The fourth-order valence-corrected chi connectivity index (χ4v) is 2.67. The number of hydrogen-bond acceptors (Lipinski definition) is 3. The largest absolute Gasteiger partial charge is 0.487 e. The predicted molar refractivity (Wildman–Crippen MR) is 80.2 cm³/mol. The summed E-state index contributed by atoms with van der Waals surface area (Å²) in [6.07, 6.45) is 3.96. The predicted octanol–water partition coefficient (Wildman–Crippen LogP) is 3.11. The number of amides is 1. The number of aromatic nitrogens is 1. The van der Waals surface area contributed by atoms with E-state index in [1.807, 2.05) is 38.1 Å². The smallest absolute Gasteiger partial charge is 0.253 e. The second-order valence-corrected chi connectivity index (χ2v) is 5.87. The molecule has 1 N–H and O–H groups in total. The van der Waals surface area contributed by atoms with Crippen molar-refractivity contribution in [1.82, 2.24) is 10.3 Å². The van der Waals surface area contributed by atoms with Crippen molar-refractivity contribution in [2.24, 2.45) is 0 Å². The van der Waals surface area contributed by atoms with Gasteiger partial charge in [0.15, 0.2) is 0 Å². The number of pyridine rings is 1. The summed E-state index contributed by atoms with van der Waals surface area (Å²) in [5.41, 5.74) is 1.29. The molecule has 4 heteroatoms. The van der Waals surface area contributed by atoms with Crippen LogP contribution in [0.25, 0.3) is 0 Å². The van der Waals surface area contributed by atoms with Gasteiger partial charge in [-0.2, -0.15) is 0 Å². The van der Waals surface area contributed by atoms with Crippen molar-refractivity contribution in [1.29, 1.82) is 0 Å². The topological polar surface area (TPSA) is 51.2 Å². The van der Waals surface area contributed by atoms with Gasteiger partial charge in [0.25, 0.3) is 5.91 Å². The van der Waals surface area contributed by atoms with Gasteiger partial charge in [-0.25, -0.2) is 0 Å². The molecule has 0 saturated carbocycles. The minimum atomic E-state index is -0.304. The number of para-hydroxylation sites is 1. The number of fused-ring (bicyclic) bond motifs is 1. The first kappa shape index (κ1) is 13.6. The van der Waals surface area contributed by atoms with Gasteiger partial charge >= 0.3 is 0 Å². The molecule has 21 heavy (non-hydrogen) atoms. The monoisotopic (exact) mass is 282 g/mol. The lowest BCUT2D eigenvalue weighted by atomic mass is 9.89. The van der Waals surface area contributed by atoms with E-state index in [-0.39, 0.29) is 17.6 Å². The van der Waals surface area contributed by atoms with Crippen LogP contribution in [0, 0.1) is 0 Å². The summed E-state index contributed by atoms with van der Waals surface area (Å²) in [6.45, 7) is 4.07. The van der Waals surface area contributed by atoms with Crippen LogP contribution in [0.1, 0.15) is 42.2 Å². The van der Waals surface area contributed by atoms with E-state index in [2.05, 4.69) is 10.3 Å². The van der Waals surface area contributed by atoms with E-state index >= 15 is 0 Å². The van der Waals surface area contributed by atoms with Crippen molar-refractivity contribution in [2.45, 2.75) is 31.9 Å². The lowest BCUT2D eigenvalue weighted by Crippen LogP contribution is -2.41. The Morgan fingerprint density at radius 1 is 1.29 bits per heavy atom. The molecule has 2 heterocycles. The number of rotatable bonds is 2. The first-order valence-corrected chi connectivity index (χ1v) is 7.04. The summed E-state index contributed by atoms with van der Waals surface area (Å²) >= 11 is 0. The number of hydrogen-bond donors (Lipinski definition) is 1. The van der Waals surface area contributed by atoms with Gasteiger partial charge in [-0.1, -0.05) is 18.2 Å². The molecular formula is C17H18N2O2. The molecule has 108 valence electrons. The second kappa shape index (κ2) is 5.20. The normalized spacial score (nSPS) is 19.2. The third-order valence-corrected chi connectivity index (χ3v) is 3.61. The molecule has 0 fully saturated rings. The zero-order chi connectivity index (χ0) is 14.9. The van der Waals surface area contributed by atoms with Crippen molar-refractivity contribution >= 4 is 5.91 Å². The Hall–Kier alpha value is -2.36. The lowest BCUT2D eigenvalue weighted by molar-refractivity contribution is 0.0619. The highest BCUT2D eigenvalue weighted by Crippen LogP contribution is 2.39. The molecule has 0 unspecified atom stereocenters. The molecule has 0 spiro atoms. The third kappa shape index (κ3) is 2.89. The summed E-state index contributed by atoms with van der Waals surface area (Å²) in [5, 5.41) is 3.09. The van der Waals surface area contributed by atoms with E-state index in [9.17, 15) is 4.79 Å². The Morgan fingerprint density at radius 2 is 2.10 bits per heavy atom. The molecule has 2 aromatic rings. The number of carbonyl (C=O) groups excluding carboxylic acids is 1. The van der Waals surface area contributed by atoms with Crippen molar-refractivity contribution in [2.75, 3.05) is 0 Å². The van der Waals surface area contributed by atoms with Gasteiger partial charge in [0.1, 0.15) is 11.4 Å². The van der Waals surface area contributed by atoms with Gasteiger partial charge in [0, 0.05) is 24.4 Å². The van der Waals surface area contributed by atoms with Crippen molar-refractivity contribution in [3.05, 3.63) is 59.9 Å². The number of ether oxygens (including phenoxy) is 1. The number of carbonyl (C=O) groups is 1. The Morgan fingerprint density at radius 3 is 2.86 bits per heavy atom. The Kier molecular flexibility index (Phi) is 3.37. The Balaban J connectivity index is 1.87. The third-order valence-electron chi connectivity index (χ3n) is 3.61. The molecular weight excluding hydrogens is 264 g/mol. The summed E-state index contributed by atoms with van der Waals surface area (Å²) in [4.78, 5) is 16.3. The molecule has 1 amide bonds. The van der Waals surface area contributed by atoms with Crippen LogP contribution in [-0.4, -0.2) is 16.5 Å². The van der Waals surface area contributed by atoms with Crippen LogP contribution in [0.2, 0.25) is 0 Å². The zero-order valence-electron chi connectivity index (χ0n) is 12.2. The average molecular weight is 282 g/mol. The van der Waals surface area contributed by atoms with Gasteiger partial charge in [0.05, 0.1) is 11.6 Å². The first-order valence-electron chi connectivity index (χ1n) is 7.04. The van der Waals surface area contributed by atoms with Gasteiger partial charge in [-0.15, -0.1) is 0 Å². The second-order valence-electron chi connectivity index (χ2n) is 5.87. The molecule has 1 aliphatic rings. The Labute approximate surface area is 124 Å². The maximum absolute atomic E-state index is 12.3. The first-order chi connectivity index (χ1) is 10.1. The van der Waals surface area contributed by atoms with Crippen molar-refractivity contribution in [3.8, 4) is 5.75 Å². The minimum absolute atomic E-state index is 0.0577. The van der Waals surface area contributed by atoms with Crippen LogP contribution in [0.3, 0.4) is 0 Å². The quantitative estimate of drug-likeness (QED) is 0.920. The maximum atomic E-state index is 12.3. The van der Waals surface area contributed by atoms with Crippen molar-refractivity contribution < 1.29 is 9.53 Å². The van der Waals surface area contributed by atoms with E-state index in [1.54, 1.807) is 24.5 Å². The molecule has 0 saturated heterocycles. The summed E-state index contributed by atoms with van der Waals surface area (Å²) in [7, 11) is 0. The fourth-order valence-electron chi connectivity index (χ4n) is 2.67. The molecule has 1 aliphatic heterocycles. The van der Waals surface area contributed by atoms with E-state index < -0.39 is 0 Å². The van der Waals surface area contributed by atoms with Crippen LogP contribution in [-0.2, 0) is 0 Å². The number of nitrogens with zero attached hydrogens (tertiary/aromatic N) is 1. The SMILES string of the molecule is CC1(C)C[C@H](NC(=O)c2cccnc2)c2ccccc2O1. The summed E-state index contributed by atoms with van der Waals surface area (Å²) in [6, 6.07) is 11.3. The number of nitrogens with one attached hydrogen (secondary N) is 1. The average Bonchev–Trinajstić information content (AvgIpc) is 2.47. The van der Waals surface area contributed by atoms with E-state index in [0.29, 0.717) is 5.56 Å².